The predicted molar refractivity (Wildman–Crippen MR) is 90.6 cm³/mol. The number of rotatable bonds is 6. The smallest absolute Gasteiger partial charge is 0.254 e. The lowest BCUT2D eigenvalue weighted by molar-refractivity contribution is 0.0924. The van der Waals surface area contributed by atoms with E-state index in [0.29, 0.717) is 6.07 Å². The number of carbonyl (C=O) groups excluding carboxylic acids is 2. The maximum Gasteiger partial charge on any atom is 0.254 e. The van der Waals surface area contributed by atoms with Gasteiger partial charge in [0, 0.05) is 25.4 Å². The minimum atomic E-state index is -3.57. The number of nitrogens with one attached hydrogen (secondary N) is 2. The van der Waals surface area contributed by atoms with Gasteiger partial charge in [-0.05, 0) is 24.3 Å². The summed E-state index contributed by atoms with van der Waals surface area (Å²) in [5.41, 5.74) is -0.328. The number of halogens is 2. The van der Waals surface area contributed by atoms with Gasteiger partial charge in [-0.25, -0.2) is 17.2 Å². The number of hydrogen-bond acceptors (Lipinski definition) is 4. The van der Waals surface area contributed by atoms with Crippen LogP contribution in [0.3, 0.4) is 0 Å². The quantitative estimate of drug-likeness (QED) is 0.741. The molecule has 2 amide bonds. The zero-order chi connectivity index (χ0) is 19.3. The lowest BCUT2D eigenvalue weighted by atomic mass is 10.2. The molecule has 2 rings (SSSR count). The third kappa shape index (κ3) is 4.85. The van der Waals surface area contributed by atoms with Crippen molar-refractivity contribution in [1.82, 2.24) is 10.6 Å². The van der Waals surface area contributed by atoms with Crippen molar-refractivity contribution in [3.63, 3.8) is 0 Å². The normalized spacial score (nSPS) is 11.0. The van der Waals surface area contributed by atoms with Gasteiger partial charge in [0.25, 0.3) is 11.8 Å². The molecule has 0 unspecified atom stereocenters. The summed E-state index contributed by atoms with van der Waals surface area (Å²) in [5.74, 6) is -3.16. The summed E-state index contributed by atoms with van der Waals surface area (Å²) in [6.07, 6.45) is 0.997. The fraction of sp³-hybridized carbons (Fsp3) is 0.176. The maximum absolute atomic E-state index is 13.5. The molecule has 2 N–H and O–H groups in total. The van der Waals surface area contributed by atoms with Gasteiger partial charge in [0.15, 0.2) is 9.84 Å². The molecule has 0 spiro atoms. The molecule has 0 saturated heterocycles. The van der Waals surface area contributed by atoms with Crippen LogP contribution in [-0.4, -0.2) is 39.6 Å². The first kappa shape index (κ1) is 19.5. The second kappa shape index (κ2) is 8.05. The number of amides is 2. The summed E-state index contributed by atoms with van der Waals surface area (Å²) in [7, 11) is -3.57. The van der Waals surface area contributed by atoms with Crippen molar-refractivity contribution in [3.05, 3.63) is 65.2 Å². The van der Waals surface area contributed by atoms with E-state index in [1.807, 2.05) is 0 Å². The number of carbonyl (C=O) groups is 2. The lowest BCUT2D eigenvalue weighted by Crippen LogP contribution is -2.35. The Morgan fingerprint density at radius 3 is 2.08 bits per heavy atom. The Morgan fingerprint density at radius 1 is 0.923 bits per heavy atom. The second-order valence-electron chi connectivity index (χ2n) is 5.40. The highest BCUT2D eigenvalue weighted by molar-refractivity contribution is 7.90. The van der Waals surface area contributed by atoms with Crippen LogP contribution in [-0.2, 0) is 9.84 Å². The van der Waals surface area contributed by atoms with Gasteiger partial charge in [-0.1, -0.05) is 12.1 Å². The van der Waals surface area contributed by atoms with Crippen LogP contribution in [0.25, 0.3) is 0 Å². The molecule has 0 aromatic heterocycles. The summed E-state index contributed by atoms with van der Waals surface area (Å²) in [6.45, 7) is -0.0338. The Morgan fingerprint density at radius 2 is 1.50 bits per heavy atom. The first-order valence-corrected chi connectivity index (χ1v) is 9.40. The molecule has 0 aliphatic rings. The number of benzene rings is 2. The van der Waals surface area contributed by atoms with E-state index in [2.05, 4.69) is 10.6 Å². The molecule has 2 aromatic rings. The largest absolute Gasteiger partial charge is 0.350 e. The van der Waals surface area contributed by atoms with E-state index in [-0.39, 0.29) is 29.1 Å². The van der Waals surface area contributed by atoms with Gasteiger partial charge in [-0.3, -0.25) is 9.59 Å². The van der Waals surface area contributed by atoms with Gasteiger partial charge in [-0.15, -0.1) is 0 Å². The van der Waals surface area contributed by atoms with E-state index in [4.69, 9.17) is 0 Å². The fourth-order valence-electron chi connectivity index (χ4n) is 2.19. The van der Waals surface area contributed by atoms with Gasteiger partial charge in [0.1, 0.15) is 11.6 Å². The molecule has 26 heavy (non-hydrogen) atoms. The van der Waals surface area contributed by atoms with Crippen LogP contribution in [0, 0.1) is 11.6 Å². The molecular weight excluding hydrogens is 366 g/mol. The van der Waals surface area contributed by atoms with Crippen molar-refractivity contribution in [2.24, 2.45) is 0 Å². The van der Waals surface area contributed by atoms with Gasteiger partial charge in [0.2, 0.25) is 0 Å². The topological polar surface area (TPSA) is 92.3 Å². The minimum Gasteiger partial charge on any atom is -0.350 e. The average molecular weight is 382 g/mol. The highest BCUT2D eigenvalue weighted by Gasteiger charge is 2.18. The maximum atomic E-state index is 13.5. The summed E-state index contributed by atoms with van der Waals surface area (Å²) in [6, 6.07) is 8.30. The fourth-order valence-corrected chi connectivity index (χ4v) is 3.08. The third-order valence-corrected chi connectivity index (χ3v) is 4.56. The molecular formula is C17H16F2N2O4S. The first-order valence-electron chi connectivity index (χ1n) is 7.50. The Hall–Kier alpha value is -2.81. The average Bonchev–Trinajstić information content (AvgIpc) is 2.57. The first-order chi connectivity index (χ1) is 12.2. The van der Waals surface area contributed by atoms with Crippen LogP contribution in [0.2, 0.25) is 0 Å². The molecule has 0 bridgehead atoms. The summed E-state index contributed by atoms with van der Waals surface area (Å²) in [5, 5.41) is 4.85. The monoisotopic (exact) mass is 382 g/mol. The van der Waals surface area contributed by atoms with Gasteiger partial charge in [0.05, 0.1) is 16.0 Å². The molecule has 9 heteroatoms. The van der Waals surface area contributed by atoms with E-state index < -0.39 is 33.3 Å². The summed E-state index contributed by atoms with van der Waals surface area (Å²) in [4.78, 5) is 23.8. The highest BCUT2D eigenvalue weighted by atomic mass is 32.2. The van der Waals surface area contributed by atoms with Gasteiger partial charge in [-0.2, -0.15) is 0 Å². The highest BCUT2D eigenvalue weighted by Crippen LogP contribution is 2.15. The van der Waals surface area contributed by atoms with Crippen molar-refractivity contribution in [1.29, 1.82) is 0 Å². The van der Waals surface area contributed by atoms with E-state index in [0.717, 1.165) is 18.4 Å². The second-order valence-corrected chi connectivity index (χ2v) is 7.39. The van der Waals surface area contributed by atoms with Crippen molar-refractivity contribution in [2.45, 2.75) is 4.90 Å². The van der Waals surface area contributed by atoms with Crippen LogP contribution in [0.1, 0.15) is 20.7 Å². The molecule has 0 saturated carbocycles. The molecule has 6 nitrogen and oxygen atoms in total. The predicted octanol–water partition coefficient (Wildman–Crippen LogP) is 1.53. The Kier molecular flexibility index (Phi) is 6.04. The number of hydrogen-bond donors (Lipinski definition) is 2. The van der Waals surface area contributed by atoms with Gasteiger partial charge >= 0.3 is 0 Å². The van der Waals surface area contributed by atoms with Crippen LogP contribution < -0.4 is 10.6 Å². The van der Waals surface area contributed by atoms with Crippen LogP contribution in [0.4, 0.5) is 8.78 Å². The van der Waals surface area contributed by atoms with Crippen molar-refractivity contribution >= 4 is 21.7 Å². The van der Waals surface area contributed by atoms with Crippen molar-refractivity contribution in [3.8, 4) is 0 Å². The Bertz CT molecular complexity index is 946. The molecule has 0 aliphatic carbocycles. The summed E-state index contributed by atoms with van der Waals surface area (Å²) < 4.78 is 49.7. The van der Waals surface area contributed by atoms with Gasteiger partial charge < -0.3 is 10.6 Å². The van der Waals surface area contributed by atoms with Crippen molar-refractivity contribution < 1.29 is 26.8 Å². The van der Waals surface area contributed by atoms with E-state index in [9.17, 15) is 26.8 Å². The minimum absolute atomic E-state index is 0.00842. The molecule has 0 fully saturated rings. The molecule has 138 valence electrons. The Balaban J connectivity index is 1.93. The molecule has 0 radical (unpaired) electrons. The zero-order valence-electron chi connectivity index (χ0n) is 13.8. The lowest BCUT2D eigenvalue weighted by Gasteiger charge is -2.10. The van der Waals surface area contributed by atoms with Crippen LogP contribution in [0.5, 0.6) is 0 Å². The van der Waals surface area contributed by atoms with Crippen LogP contribution in [0.15, 0.2) is 47.4 Å². The van der Waals surface area contributed by atoms with Crippen LogP contribution >= 0.6 is 0 Å². The summed E-state index contributed by atoms with van der Waals surface area (Å²) >= 11 is 0. The molecule has 2 aromatic carbocycles. The van der Waals surface area contributed by atoms with E-state index in [1.54, 1.807) is 0 Å². The van der Waals surface area contributed by atoms with E-state index >= 15 is 0 Å². The molecule has 0 heterocycles. The standard InChI is InChI=1S/C17H16F2N2O4S/c1-26(24,25)15-5-3-2-4-13(15)17(23)21-9-8-20-16(22)12-7-6-11(18)10-14(12)19/h2-7,10H,8-9H2,1H3,(H,20,22)(H,21,23). The van der Waals surface area contributed by atoms with E-state index in [1.165, 1.54) is 24.3 Å². The third-order valence-electron chi connectivity index (χ3n) is 3.40. The molecule has 0 atom stereocenters. The van der Waals surface area contributed by atoms with Crippen molar-refractivity contribution in [2.75, 3.05) is 19.3 Å². The SMILES string of the molecule is CS(=O)(=O)c1ccccc1C(=O)NCCNC(=O)c1ccc(F)cc1F. The molecule has 0 aliphatic heterocycles. The Labute approximate surface area is 149 Å². The zero-order valence-corrected chi connectivity index (χ0v) is 14.6. The number of sulfone groups is 1.